The van der Waals surface area contributed by atoms with Crippen LogP contribution in [-0.2, 0) is 5.41 Å². The van der Waals surface area contributed by atoms with E-state index in [1.54, 1.807) is 0 Å². The number of amides is 1. The van der Waals surface area contributed by atoms with Crippen molar-refractivity contribution in [1.29, 1.82) is 0 Å². The van der Waals surface area contributed by atoms with Gasteiger partial charge in [0.05, 0.1) is 11.9 Å². The normalized spacial score (nSPS) is 17.8. The van der Waals surface area contributed by atoms with E-state index in [2.05, 4.69) is 42.9 Å². The highest BCUT2D eigenvalue weighted by Crippen LogP contribution is 2.24. The number of anilines is 2. The molecule has 0 saturated carbocycles. The Morgan fingerprint density at radius 3 is 2.46 bits per heavy atom. The van der Waals surface area contributed by atoms with Gasteiger partial charge in [-0.3, -0.25) is 4.79 Å². The molecule has 0 radical (unpaired) electrons. The summed E-state index contributed by atoms with van der Waals surface area (Å²) < 4.78 is 0. The summed E-state index contributed by atoms with van der Waals surface area (Å²) in [6.07, 6.45) is 4.38. The number of hydrogen-bond acceptors (Lipinski definition) is 3. The first-order chi connectivity index (χ1) is 12.3. The maximum atomic E-state index is 12.4. The van der Waals surface area contributed by atoms with Crippen LogP contribution in [-0.4, -0.2) is 24.0 Å². The molecule has 1 fully saturated rings. The highest BCUT2D eigenvalue weighted by molar-refractivity contribution is 6.03. The van der Waals surface area contributed by atoms with Gasteiger partial charge < -0.3 is 10.2 Å². The van der Waals surface area contributed by atoms with Gasteiger partial charge in [-0.05, 0) is 54.0 Å². The molecule has 4 nitrogen and oxygen atoms in total. The third-order valence-electron chi connectivity index (χ3n) is 5.02. The number of pyridine rings is 1. The average Bonchev–Trinajstić information content (AvgIpc) is 2.62. The van der Waals surface area contributed by atoms with Crippen molar-refractivity contribution >= 4 is 17.4 Å². The van der Waals surface area contributed by atoms with Gasteiger partial charge >= 0.3 is 0 Å². The van der Waals surface area contributed by atoms with E-state index in [-0.39, 0.29) is 11.3 Å². The molecule has 3 rings (SSSR count). The molecule has 2 aromatic rings. The first-order valence-corrected chi connectivity index (χ1v) is 9.46. The van der Waals surface area contributed by atoms with Crippen LogP contribution in [0.15, 0.2) is 42.6 Å². The van der Waals surface area contributed by atoms with Crippen LogP contribution in [0, 0.1) is 5.92 Å². The molecule has 1 saturated heterocycles. The zero-order valence-corrected chi connectivity index (χ0v) is 16.2. The van der Waals surface area contributed by atoms with E-state index in [4.69, 9.17) is 0 Å². The van der Waals surface area contributed by atoms with Crippen LogP contribution in [0.2, 0.25) is 0 Å². The summed E-state index contributed by atoms with van der Waals surface area (Å²) >= 11 is 0. The predicted molar refractivity (Wildman–Crippen MR) is 108 cm³/mol. The van der Waals surface area contributed by atoms with E-state index in [0.29, 0.717) is 11.4 Å². The summed E-state index contributed by atoms with van der Waals surface area (Å²) in [4.78, 5) is 19.2. The summed E-state index contributed by atoms with van der Waals surface area (Å²) in [6.45, 7) is 10.9. The Morgan fingerprint density at radius 1 is 1.15 bits per heavy atom. The fourth-order valence-electron chi connectivity index (χ4n) is 3.38. The Morgan fingerprint density at radius 2 is 1.88 bits per heavy atom. The molecule has 1 unspecified atom stereocenters. The minimum absolute atomic E-state index is 0.0817. The molecule has 0 bridgehead atoms. The summed E-state index contributed by atoms with van der Waals surface area (Å²) in [5.74, 6) is 1.18. The highest BCUT2D eigenvalue weighted by Gasteiger charge is 2.17. The second kappa shape index (κ2) is 7.48. The van der Waals surface area contributed by atoms with Crippen LogP contribution in [0.25, 0.3) is 0 Å². The van der Waals surface area contributed by atoms with Crippen molar-refractivity contribution in [2.45, 2.75) is 46.0 Å². The molecule has 1 amide bonds. The number of carbonyl (C=O) groups excluding carboxylic acids is 1. The van der Waals surface area contributed by atoms with Gasteiger partial charge in [0.1, 0.15) is 5.82 Å². The van der Waals surface area contributed by atoms with Crippen molar-refractivity contribution in [2.24, 2.45) is 5.92 Å². The van der Waals surface area contributed by atoms with Crippen LogP contribution >= 0.6 is 0 Å². The van der Waals surface area contributed by atoms with Crippen LogP contribution in [0.4, 0.5) is 11.5 Å². The number of hydrogen-bond donors (Lipinski definition) is 1. The molecule has 1 aliphatic rings. The Hall–Kier alpha value is -2.36. The Kier molecular flexibility index (Phi) is 5.30. The highest BCUT2D eigenvalue weighted by atomic mass is 16.1. The lowest BCUT2D eigenvalue weighted by atomic mass is 9.87. The SMILES string of the molecule is CC1CCCN(c2ccc(NC(=O)c3ccc(C(C)(C)C)cc3)nc2)C1. The maximum Gasteiger partial charge on any atom is 0.256 e. The minimum atomic E-state index is -0.127. The quantitative estimate of drug-likeness (QED) is 0.858. The second-order valence-corrected chi connectivity index (χ2v) is 8.38. The lowest BCUT2D eigenvalue weighted by Gasteiger charge is -2.32. The van der Waals surface area contributed by atoms with Crippen LogP contribution in [0.3, 0.4) is 0 Å². The molecule has 2 heterocycles. The molecule has 1 aliphatic heterocycles. The number of benzene rings is 1. The molecule has 1 N–H and O–H groups in total. The van der Waals surface area contributed by atoms with E-state index in [1.807, 2.05) is 42.6 Å². The molecular weight excluding hydrogens is 322 g/mol. The largest absolute Gasteiger partial charge is 0.370 e. The predicted octanol–water partition coefficient (Wildman–Crippen LogP) is 4.87. The van der Waals surface area contributed by atoms with Crippen LogP contribution in [0.1, 0.15) is 56.5 Å². The number of rotatable bonds is 3. The standard InChI is InChI=1S/C22H29N3O/c1-16-6-5-13-25(15-16)19-11-12-20(23-14-19)24-21(26)17-7-9-18(10-8-17)22(2,3)4/h7-12,14,16H,5-6,13,15H2,1-4H3,(H,23,24,26). The van der Waals surface area contributed by atoms with E-state index in [0.717, 1.165) is 24.7 Å². The molecule has 0 spiro atoms. The monoisotopic (exact) mass is 351 g/mol. The minimum Gasteiger partial charge on any atom is -0.370 e. The fraction of sp³-hybridized carbons (Fsp3) is 0.455. The van der Waals surface area contributed by atoms with E-state index in [1.165, 1.54) is 18.4 Å². The smallest absolute Gasteiger partial charge is 0.256 e. The molecule has 4 heteroatoms. The number of piperidine rings is 1. The lowest BCUT2D eigenvalue weighted by molar-refractivity contribution is 0.102. The van der Waals surface area contributed by atoms with Crippen molar-refractivity contribution < 1.29 is 4.79 Å². The summed E-state index contributed by atoms with van der Waals surface area (Å²) in [6, 6.07) is 11.7. The fourth-order valence-corrected chi connectivity index (χ4v) is 3.38. The van der Waals surface area contributed by atoms with Gasteiger partial charge in [-0.25, -0.2) is 4.98 Å². The number of nitrogens with zero attached hydrogens (tertiary/aromatic N) is 2. The zero-order chi connectivity index (χ0) is 18.7. The van der Waals surface area contributed by atoms with Crippen molar-refractivity contribution in [3.63, 3.8) is 0 Å². The maximum absolute atomic E-state index is 12.4. The zero-order valence-electron chi connectivity index (χ0n) is 16.2. The lowest BCUT2D eigenvalue weighted by Crippen LogP contribution is -2.34. The molecule has 1 aromatic heterocycles. The van der Waals surface area contributed by atoms with Gasteiger partial charge in [-0.15, -0.1) is 0 Å². The van der Waals surface area contributed by atoms with E-state index >= 15 is 0 Å². The molecule has 1 atom stereocenters. The Balaban J connectivity index is 1.64. The molecule has 138 valence electrons. The number of carbonyl (C=O) groups is 1. The Bertz CT molecular complexity index is 744. The summed E-state index contributed by atoms with van der Waals surface area (Å²) in [5.41, 5.74) is 3.07. The summed E-state index contributed by atoms with van der Waals surface area (Å²) in [7, 11) is 0. The molecule has 0 aliphatic carbocycles. The third-order valence-corrected chi connectivity index (χ3v) is 5.02. The number of aromatic nitrogens is 1. The molecule has 1 aromatic carbocycles. The van der Waals surface area contributed by atoms with Crippen LogP contribution < -0.4 is 10.2 Å². The van der Waals surface area contributed by atoms with Gasteiger partial charge in [-0.1, -0.05) is 39.8 Å². The number of nitrogens with one attached hydrogen (secondary N) is 1. The molecule has 26 heavy (non-hydrogen) atoms. The van der Waals surface area contributed by atoms with E-state index < -0.39 is 0 Å². The van der Waals surface area contributed by atoms with Gasteiger partial charge in [-0.2, -0.15) is 0 Å². The Labute approximate surface area is 156 Å². The van der Waals surface area contributed by atoms with Crippen molar-refractivity contribution in [2.75, 3.05) is 23.3 Å². The second-order valence-electron chi connectivity index (χ2n) is 8.38. The van der Waals surface area contributed by atoms with Crippen molar-refractivity contribution in [1.82, 2.24) is 4.98 Å². The van der Waals surface area contributed by atoms with Crippen LogP contribution in [0.5, 0.6) is 0 Å². The van der Waals surface area contributed by atoms with Gasteiger partial charge in [0.2, 0.25) is 0 Å². The first-order valence-electron chi connectivity index (χ1n) is 9.46. The van der Waals surface area contributed by atoms with Gasteiger partial charge in [0, 0.05) is 18.7 Å². The first kappa shape index (κ1) is 18.4. The topological polar surface area (TPSA) is 45.2 Å². The van der Waals surface area contributed by atoms with Gasteiger partial charge in [0.25, 0.3) is 5.91 Å². The van der Waals surface area contributed by atoms with Gasteiger partial charge in [0.15, 0.2) is 0 Å². The van der Waals surface area contributed by atoms with E-state index in [9.17, 15) is 4.79 Å². The molecular formula is C22H29N3O. The summed E-state index contributed by atoms with van der Waals surface area (Å²) in [5, 5.41) is 2.89. The average molecular weight is 351 g/mol. The van der Waals surface area contributed by atoms with Crippen molar-refractivity contribution in [3.8, 4) is 0 Å². The third kappa shape index (κ3) is 4.43. The van der Waals surface area contributed by atoms with Crippen molar-refractivity contribution in [3.05, 3.63) is 53.7 Å².